The molecule has 0 saturated heterocycles. The average molecular weight is 382 g/mol. The van der Waals surface area contributed by atoms with Crippen molar-refractivity contribution in [2.75, 3.05) is 19.4 Å². The average Bonchev–Trinajstić information content (AvgIpc) is 3.04. The van der Waals surface area contributed by atoms with Gasteiger partial charge in [-0.2, -0.15) is 0 Å². The summed E-state index contributed by atoms with van der Waals surface area (Å²) >= 11 is 1.55. The Morgan fingerprint density at radius 2 is 1.93 bits per heavy atom. The molecule has 0 aliphatic carbocycles. The van der Waals surface area contributed by atoms with E-state index in [2.05, 4.69) is 42.3 Å². The molecule has 140 valence electrons. The number of ether oxygens (including phenoxy) is 1. The van der Waals surface area contributed by atoms with Gasteiger partial charge in [0.1, 0.15) is 18.5 Å². The second-order valence-corrected chi connectivity index (χ2v) is 8.19. The van der Waals surface area contributed by atoms with Gasteiger partial charge >= 0.3 is 0 Å². The Hall–Kier alpha value is -2.48. The van der Waals surface area contributed by atoms with Gasteiger partial charge < -0.3 is 15.2 Å². The molecule has 0 spiro atoms. The third kappa shape index (κ3) is 3.53. The second kappa shape index (κ2) is 6.92. The van der Waals surface area contributed by atoms with E-state index in [0.717, 1.165) is 26.7 Å². The third-order valence-corrected chi connectivity index (χ3v) is 5.57. The Morgan fingerprint density at radius 1 is 1.19 bits per heavy atom. The van der Waals surface area contributed by atoms with Crippen LogP contribution in [0.5, 0.6) is 5.75 Å². The summed E-state index contributed by atoms with van der Waals surface area (Å²) < 4.78 is 5.81. The van der Waals surface area contributed by atoms with Crippen LogP contribution in [0.1, 0.15) is 27.1 Å². The highest BCUT2D eigenvalue weighted by Crippen LogP contribution is 2.42. The molecule has 1 aliphatic heterocycles. The summed E-state index contributed by atoms with van der Waals surface area (Å²) in [7, 11) is 3.70. The van der Waals surface area contributed by atoms with Crippen molar-refractivity contribution in [3.63, 3.8) is 0 Å². The zero-order chi connectivity index (χ0) is 19.1. The number of aryl methyl sites for hydroxylation is 2. The van der Waals surface area contributed by atoms with E-state index in [1.807, 2.05) is 20.2 Å². The first-order valence-electron chi connectivity index (χ1n) is 8.73. The lowest BCUT2D eigenvalue weighted by Crippen LogP contribution is -2.17. The van der Waals surface area contributed by atoms with Crippen LogP contribution in [-0.4, -0.2) is 34.1 Å². The Balaban J connectivity index is 1.69. The first kappa shape index (κ1) is 17.9. The second-order valence-electron chi connectivity index (χ2n) is 7.02. The van der Waals surface area contributed by atoms with Gasteiger partial charge in [0.05, 0.1) is 11.1 Å². The van der Waals surface area contributed by atoms with Gasteiger partial charge in [-0.3, -0.25) is 4.90 Å². The predicted molar refractivity (Wildman–Crippen MR) is 108 cm³/mol. The first-order valence-corrected chi connectivity index (χ1v) is 9.55. The van der Waals surface area contributed by atoms with Crippen LogP contribution in [0.15, 0.2) is 30.5 Å². The number of nitrogens with one attached hydrogen (secondary N) is 1. The summed E-state index contributed by atoms with van der Waals surface area (Å²) in [5, 5.41) is 13.6. The number of hydrogen-bond acceptors (Lipinski definition) is 7. The fourth-order valence-electron chi connectivity index (χ4n) is 3.19. The lowest BCUT2D eigenvalue weighted by molar-refractivity contribution is 0.0427. The molecule has 3 aromatic rings. The summed E-state index contributed by atoms with van der Waals surface area (Å²) in [5.41, 5.74) is 5.08. The SMILES string of the molecule is Cc1cc(C)cc(Nc2ncc3c(n2)-c2cc(C(O)N(C)C)sc2CO3)c1. The number of aromatic nitrogens is 2. The highest BCUT2D eigenvalue weighted by Gasteiger charge is 2.25. The fraction of sp³-hybridized carbons (Fsp3) is 0.300. The molecule has 0 fully saturated rings. The van der Waals surface area contributed by atoms with E-state index >= 15 is 0 Å². The first-order chi connectivity index (χ1) is 12.9. The minimum absolute atomic E-state index is 0.473. The predicted octanol–water partition coefficient (Wildman–Crippen LogP) is 4.01. The minimum atomic E-state index is -0.640. The smallest absolute Gasteiger partial charge is 0.227 e. The van der Waals surface area contributed by atoms with Crippen LogP contribution in [0, 0.1) is 13.8 Å². The number of aliphatic hydroxyl groups excluding tert-OH is 1. The molecule has 1 atom stereocenters. The molecule has 1 aromatic carbocycles. The molecular formula is C20H22N4O2S. The summed E-state index contributed by atoms with van der Waals surface area (Å²) in [6.45, 7) is 4.60. The quantitative estimate of drug-likeness (QED) is 0.665. The molecule has 6 nitrogen and oxygen atoms in total. The molecule has 4 rings (SSSR count). The van der Waals surface area contributed by atoms with E-state index in [9.17, 15) is 5.11 Å². The Morgan fingerprint density at radius 3 is 2.63 bits per heavy atom. The maximum atomic E-state index is 10.3. The van der Waals surface area contributed by atoms with Crippen LogP contribution < -0.4 is 10.1 Å². The highest BCUT2D eigenvalue weighted by molar-refractivity contribution is 7.12. The van der Waals surface area contributed by atoms with Crippen molar-refractivity contribution < 1.29 is 9.84 Å². The van der Waals surface area contributed by atoms with Crippen LogP contribution in [0.25, 0.3) is 11.3 Å². The summed E-state index contributed by atoms with van der Waals surface area (Å²) in [6.07, 6.45) is 1.06. The highest BCUT2D eigenvalue weighted by atomic mass is 32.1. The van der Waals surface area contributed by atoms with Gasteiger partial charge in [0.15, 0.2) is 5.75 Å². The Labute approximate surface area is 162 Å². The molecule has 1 unspecified atom stereocenters. The van der Waals surface area contributed by atoms with Crippen LogP contribution in [0.3, 0.4) is 0 Å². The molecule has 3 heterocycles. The lowest BCUT2D eigenvalue weighted by atomic mass is 10.1. The minimum Gasteiger partial charge on any atom is -0.484 e. The number of hydrogen-bond donors (Lipinski definition) is 2. The van der Waals surface area contributed by atoms with E-state index in [4.69, 9.17) is 9.72 Å². The van der Waals surface area contributed by atoms with Crippen molar-refractivity contribution in [3.8, 4) is 17.0 Å². The summed E-state index contributed by atoms with van der Waals surface area (Å²) in [6, 6.07) is 8.25. The van der Waals surface area contributed by atoms with Gasteiger partial charge in [0.25, 0.3) is 0 Å². The topological polar surface area (TPSA) is 70.5 Å². The van der Waals surface area contributed by atoms with E-state index < -0.39 is 6.23 Å². The summed E-state index contributed by atoms with van der Waals surface area (Å²) in [5.74, 6) is 1.19. The Bertz CT molecular complexity index is 979. The Kier molecular flexibility index (Phi) is 4.59. The number of fused-ring (bicyclic) bond motifs is 3. The number of thiophene rings is 1. The monoisotopic (exact) mass is 382 g/mol. The van der Waals surface area contributed by atoms with E-state index in [1.54, 1.807) is 22.4 Å². The van der Waals surface area contributed by atoms with E-state index in [0.29, 0.717) is 18.3 Å². The van der Waals surface area contributed by atoms with Gasteiger partial charge in [-0.15, -0.1) is 11.3 Å². The molecule has 1 aliphatic rings. The molecule has 0 saturated carbocycles. The number of anilines is 2. The largest absolute Gasteiger partial charge is 0.484 e. The number of rotatable bonds is 4. The normalized spacial score (nSPS) is 13.7. The molecule has 2 N–H and O–H groups in total. The zero-order valence-corrected chi connectivity index (χ0v) is 16.6. The van der Waals surface area contributed by atoms with Gasteiger partial charge in [-0.05, 0) is 57.3 Å². The van der Waals surface area contributed by atoms with Gasteiger partial charge in [0.2, 0.25) is 5.95 Å². The lowest BCUT2D eigenvalue weighted by Gasteiger charge is -2.17. The molecular weight excluding hydrogens is 360 g/mol. The van der Waals surface area contributed by atoms with E-state index in [-0.39, 0.29) is 0 Å². The van der Waals surface area contributed by atoms with Crippen LogP contribution >= 0.6 is 11.3 Å². The van der Waals surface area contributed by atoms with Crippen LogP contribution in [-0.2, 0) is 6.61 Å². The fourth-order valence-corrected chi connectivity index (χ4v) is 4.35. The van der Waals surface area contributed by atoms with Crippen LogP contribution in [0.2, 0.25) is 0 Å². The maximum Gasteiger partial charge on any atom is 0.227 e. The maximum absolute atomic E-state index is 10.3. The molecule has 0 radical (unpaired) electrons. The zero-order valence-electron chi connectivity index (χ0n) is 15.8. The van der Waals surface area contributed by atoms with Crippen molar-refractivity contribution in [2.45, 2.75) is 26.7 Å². The number of aliphatic hydroxyl groups is 1. The van der Waals surface area contributed by atoms with Crippen molar-refractivity contribution in [3.05, 3.63) is 51.3 Å². The summed E-state index contributed by atoms with van der Waals surface area (Å²) in [4.78, 5) is 12.8. The molecule has 0 amide bonds. The van der Waals surface area contributed by atoms with Crippen LogP contribution in [0.4, 0.5) is 11.6 Å². The van der Waals surface area contributed by atoms with Gasteiger partial charge in [0, 0.05) is 16.1 Å². The number of nitrogens with zero attached hydrogens (tertiary/aromatic N) is 3. The molecule has 0 bridgehead atoms. The van der Waals surface area contributed by atoms with Crippen molar-refractivity contribution >= 4 is 23.0 Å². The molecule has 27 heavy (non-hydrogen) atoms. The number of benzene rings is 1. The molecule has 7 heteroatoms. The molecule has 2 aromatic heterocycles. The van der Waals surface area contributed by atoms with Crippen molar-refractivity contribution in [2.24, 2.45) is 0 Å². The standard InChI is InChI=1S/C20H22N4O2S/c1-11-5-12(2)7-13(6-11)22-20-21-9-15-18(23-20)14-8-16(19(25)24(3)4)27-17(14)10-26-15/h5-9,19,25H,10H2,1-4H3,(H,21,22,23). The van der Waals surface area contributed by atoms with Gasteiger partial charge in [-0.1, -0.05) is 6.07 Å². The van der Waals surface area contributed by atoms with Crippen molar-refractivity contribution in [1.82, 2.24) is 14.9 Å². The van der Waals surface area contributed by atoms with Crippen molar-refractivity contribution in [1.29, 1.82) is 0 Å². The van der Waals surface area contributed by atoms with Gasteiger partial charge in [-0.25, -0.2) is 9.97 Å². The third-order valence-electron chi connectivity index (χ3n) is 4.42. The van der Waals surface area contributed by atoms with E-state index in [1.165, 1.54) is 11.1 Å².